The minimum Gasteiger partial charge on any atom is -0.309 e. The summed E-state index contributed by atoms with van der Waals surface area (Å²) in [6.07, 6.45) is 0.772. The van der Waals surface area contributed by atoms with Crippen molar-refractivity contribution in [1.82, 2.24) is 5.32 Å². The molecule has 0 aliphatic rings. The fourth-order valence-electron chi connectivity index (χ4n) is 1.99. The number of likely N-dealkylation sites (N-methyl/N-ethyl adjacent to an activating group) is 1. The summed E-state index contributed by atoms with van der Waals surface area (Å²) in [7, 11) is 1.90. The molecule has 1 unspecified atom stereocenters. The molecule has 2 heteroatoms. The molecule has 0 saturated carbocycles. The van der Waals surface area contributed by atoms with Gasteiger partial charge >= 0.3 is 0 Å². The molecule has 2 rings (SSSR count). The van der Waals surface area contributed by atoms with Crippen LogP contribution in [-0.4, -0.2) is 7.05 Å². The van der Waals surface area contributed by atoms with E-state index in [1.165, 1.54) is 5.56 Å². The van der Waals surface area contributed by atoms with E-state index in [4.69, 9.17) is 5.73 Å². The summed E-state index contributed by atoms with van der Waals surface area (Å²) in [4.78, 5) is 0. The number of rotatable bonds is 4. The van der Waals surface area contributed by atoms with Crippen LogP contribution in [0.25, 0.3) is 0 Å². The summed E-state index contributed by atoms with van der Waals surface area (Å²) < 4.78 is 0. The summed E-state index contributed by atoms with van der Waals surface area (Å²) >= 11 is 0. The van der Waals surface area contributed by atoms with Gasteiger partial charge in [0, 0.05) is 6.42 Å². The predicted molar refractivity (Wildman–Crippen MR) is 71.5 cm³/mol. The lowest BCUT2D eigenvalue weighted by molar-refractivity contribution is 0.372. The van der Waals surface area contributed by atoms with E-state index in [-0.39, 0.29) is 0 Å². The normalized spacial score (nSPS) is 14.2. The van der Waals surface area contributed by atoms with Crippen LogP contribution in [0, 0.1) is 0 Å². The van der Waals surface area contributed by atoms with E-state index < -0.39 is 5.66 Å². The zero-order valence-corrected chi connectivity index (χ0v) is 10.1. The summed E-state index contributed by atoms with van der Waals surface area (Å²) in [5.74, 6) is 0. The van der Waals surface area contributed by atoms with Gasteiger partial charge in [0.25, 0.3) is 0 Å². The first-order valence-corrected chi connectivity index (χ1v) is 5.82. The molecule has 0 saturated heterocycles. The fraction of sp³-hybridized carbons (Fsp3) is 0.200. The highest BCUT2D eigenvalue weighted by atomic mass is 15.1. The lowest BCUT2D eigenvalue weighted by Crippen LogP contribution is -2.50. The molecule has 0 amide bonds. The zero-order valence-electron chi connectivity index (χ0n) is 10.1. The van der Waals surface area contributed by atoms with Crippen LogP contribution >= 0.6 is 0 Å². The standard InChI is InChI=1S/C15H18N2/c1-17-15(16,14-10-6-3-7-11-14)12-13-8-4-2-5-9-13/h2-11,17H,12,16H2,1H3. The Morgan fingerprint density at radius 2 is 1.47 bits per heavy atom. The zero-order chi connectivity index (χ0) is 12.1. The van der Waals surface area contributed by atoms with Crippen LogP contribution in [0.1, 0.15) is 11.1 Å². The summed E-state index contributed by atoms with van der Waals surface area (Å²) in [6, 6.07) is 20.4. The van der Waals surface area contributed by atoms with Gasteiger partial charge in [0.15, 0.2) is 0 Å². The van der Waals surface area contributed by atoms with Gasteiger partial charge < -0.3 is 5.73 Å². The van der Waals surface area contributed by atoms with Crippen LogP contribution in [0.15, 0.2) is 60.7 Å². The fourth-order valence-corrected chi connectivity index (χ4v) is 1.99. The third-order valence-corrected chi connectivity index (χ3v) is 3.06. The van der Waals surface area contributed by atoms with E-state index >= 15 is 0 Å². The molecule has 2 nitrogen and oxygen atoms in total. The summed E-state index contributed by atoms with van der Waals surface area (Å²) in [5.41, 5.74) is 8.26. The molecule has 2 aromatic rings. The largest absolute Gasteiger partial charge is 0.309 e. The van der Waals surface area contributed by atoms with Crippen molar-refractivity contribution in [3.8, 4) is 0 Å². The smallest absolute Gasteiger partial charge is 0.0963 e. The Hall–Kier alpha value is -1.64. The van der Waals surface area contributed by atoms with E-state index in [0.29, 0.717) is 0 Å². The van der Waals surface area contributed by atoms with Crippen LogP contribution in [-0.2, 0) is 12.1 Å². The van der Waals surface area contributed by atoms with Crippen molar-refractivity contribution in [1.29, 1.82) is 0 Å². The van der Waals surface area contributed by atoms with Crippen molar-refractivity contribution in [3.05, 3.63) is 71.8 Å². The molecule has 0 bridgehead atoms. The van der Waals surface area contributed by atoms with Crippen LogP contribution in [0.5, 0.6) is 0 Å². The Balaban J connectivity index is 2.27. The lowest BCUT2D eigenvalue weighted by Gasteiger charge is -2.30. The van der Waals surface area contributed by atoms with E-state index in [0.717, 1.165) is 12.0 Å². The van der Waals surface area contributed by atoms with Gasteiger partial charge in [0.05, 0.1) is 5.66 Å². The molecular weight excluding hydrogens is 208 g/mol. The van der Waals surface area contributed by atoms with Crippen LogP contribution in [0.2, 0.25) is 0 Å². The highest BCUT2D eigenvalue weighted by Crippen LogP contribution is 2.19. The third kappa shape index (κ3) is 2.73. The molecule has 0 aliphatic carbocycles. The highest BCUT2D eigenvalue weighted by Gasteiger charge is 2.24. The van der Waals surface area contributed by atoms with Crippen molar-refractivity contribution in [2.75, 3.05) is 7.05 Å². The molecule has 17 heavy (non-hydrogen) atoms. The van der Waals surface area contributed by atoms with Gasteiger partial charge in [-0.25, -0.2) is 0 Å². The Labute approximate surface area is 102 Å². The monoisotopic (exact) mass is 226 g/mol. The van der Waals surface area contributed by atoms with Gasteiger partial charge in [-0.15, -0.1) is 0 Å². The molecule has 1 atom stereocenters. The molecule has 0 heterocycles. The molecule has 88 valence electrons. The lowest BCUT2D eigenvalue weighted by atomic mass is 9.93. The maximum atomic E-state index is 6.44. The Morgan fingerprint density at radius 1 is 0.941 bits per heavy atom. The molecule has 0 spiro atoms. The maximum absolute atomic E-state index is 6.44. The second-order valence-electron chi connectivity index (χ2n) is 4.25. The average Bonchev–Trinajstić information content (AvgIpc) is 2.41. The Morgan fingerprint density at radius 3 is 2.00 bits per heavy atom. The van der Waals surface area contributed by atoms with E-state index in [1.54, 1.807) is 0 Å². The SMILES string of the molecule is CNC(N)(Cc1ccccc1)c1ccccc1. The van der Waals surface area contributed by atoms with Crippen LogP contribution in [0.4, 0.5) is 0 Å². The van der Waals surface area contributed by atoms with Gasteiger partial charge in [-0.2, -0.15) is 0 Å². The summed E-state index contributed by atoms with van der Waals surface area (Å²) in [5, 5.41) is 3.22. The highest BCUT2D eigenvalue weighted by molar-refractivity contribution is 5.27. The van der Waals surface area contributed by atoms with Crippen molar-refractivity contribution < 1.29 is 0 Å². The number of nitrogens with two attached hydrogens (primary N) is 1. The third-order valence-electron chi connectivity index (χ3n) is 3.06. The van der Waals surface area contributed by atoms with E-state index in [9.17, 15) is 0 Å². The van der Waals surface area contributed by atoms with Gasteiger partial charge in [0.1, 0.15) is 0 Å². The molecule has 0 radical (unpaired) electrons. The number of benzene rings is 2. The Bertz CT molecular complexity index is 453. The van der Waals surface area contributed by atoms with Crippen LogP contribution in [0.3, 0.4) is 0 Å². The number of hydrogen-bond donors (Lipinski definition) is 2. The maximum Gasteiger partial charge on any atom is 0.0963 e. The molecular formula is C15H18N2. The summed E-state index contributed by atoms with van der Waals surface area (Å²) in [6.45, 7) is 0. The molecule has 0 aromatic heterocycles. The Kier molecular flexibility index (Phi) is 3.57. The first-order chi connectivity index (χ1) is 8.24. The molecule has 2 aromatic carbocycles. The minimum absolute atomic E-state index is 0.511. The van der Waals surface area contributed by atoms with E-state index in [1.807, 2.05) is 43.4 Å². The molecule has 0 aliphatic heterocycles. The van der Waals surface area contributed by atoms with Crippen LogP contribution < -0.4 is 11.1 Å². The average molecular weight is 226 g/mol. The topological polar surface area (TPSA) is 38.0 Å². The van der Waals surface area contributed by atoms with Gasteiger partial charge in [-0.1, -0.05) is 60.7 Å². The first kappa shape index (κ1) is 11.8. The quantitative estimate of drug-likeness (QED) is 0.785. The van der Waals surface area contributed by atoms with Gasteiger partial charge in [-0.3, -0.25) is 5.32 Å². The van der Waals surface area contributed by atoms with Crippen molar-refractivity contribution >= 4 is 0 Å². The molecule has 3 N–H and O–H groups in total. The van der Waals surface area contributed by atoms with Crippen molar-refractivity contribution in [2.45, 2.75) is 12.1 Å². The van der Waals surface area contributed by atoms with Crippen molar-refractivity contribution in [2.24, 2.45) is 5.73 Å². The second kappa shape index (κ2) is 5.13. The number of nitrogens with one attached hydrogen (secondary N) is 1. The second-order valence-corrected chi connectivity index (χ2v) is 4.25. The van der Waals surface area contributed by atoms with Gasteiger partial charge in [-0.05, 0) is 18.2 Å². The first-order valence-electron chi connectivity index (χ1n) is 5.82. The minimum atomic E-state index is -0.511. The molecule has 0 fully saturated rings. The van der Waals surface area contributed by atoms with Gasteiger partial charge in [0.2, 0.25) is 0 Å². The predicted octanol–water partition coefficient (Wildman–Crippen LogP) is 2.26. The number of hydrogen-bond acceptors (Lipinski definition) is 2. The van der Waals surface area contributed by atoms with Crippen molar-refractivity contribution in [3.63, 3.8) is 0 Å². The van der Waals surface area contributed by atoms with E-state index in [2.05, 4.69) is 29.6 Å².